The lowest BCUT2D eigenvalue weighted by Gasteiger charge is -2.22. The number of unbranched alkanes of at least 4 members (excludes halogenated alkanes) is 18. The van der Waals surface area contributed by atoms with Crippen molar-refractivity contribution in [3.63, 3.8) is 0 Å². The summed E-state index contributed by atoms with van der Waals surface area (Å²) in [6.45, 7) is 6.89. The number of hydrogen-bond donors (Lipinski definition) is 2. The fourth-order valence-electron chi connectivity index (χ4n) is 6.35. The minimum atomic E-state index is 0.837. The van der Waals surface area contributed by atoms with Crippen molar-refractivity contribution in [3.05, 3.63) is 47.0 Å². The molecule has 41 heavy (non-hydrogen) atoms. The topological polar surface area (TPSA) is 52.0 Å². The molecule has 0 radical (unpaired) electrons. The van der Waals surface area contributed by atoms with Crippen molar-refractivity contribution >= 4 is 11.4 Å². The highest BCUT2D eigenvalue weighted by Crippen LogP contribution is 2.36. The van der Waals surface area contributed by atoms with Crippen LogP contribution >= 0.6 is 0 Å². The van der Waals surface area contributed by atoms with Gasteiger partial charge in [0.05, 0.1) is 0 Å². The number of rotatable bonds is 25. The lowest BCUT2D eigenvalue weighted by Crippen LogP contribution is -2.08. The van der Waals surface area contributed by atoms with Crippen LogP contribution in [0, 0.1) is 0 Å². The summed E-state index contributed by atoms with van der Waals surface area (Å²) in [4.78, 5) is 0. The molecule has 0 bridgehead atoms. The van der Waals surface area contributed by atoms with Gasteiger partial charge in [0.15, 0.2) is 0 Å². The van der Waals surface area contributed by atoms with Crippen molar-refractivity contribution in [2.75, 3.05) is 11.5 Å². The van der Waals surface area contributed by atoms with Gasteiger partial charge < -0.3 is 11.5 Å². The van der Waals surface area contributed by atoms with E-state index in [2.05, 4.69) is 51.1 Å². The molecule has 0 spiro atoms. The van der Waals surface area contributed by atoms with Gasteiger partial charge in [0, 0.05) is 11.4 Å². The minimum absolute atomic E-state index is 0.837. The average Bonchev–Trinajstić information content (AvgIpc) is 2.98. The zero-order valence-electron chi connectivity index (χ0n) is 27.5. The molecule has 0 atom stereocenters. The Morgan fingerprint density at radius 2 is 0.829 bits per heavy atom. The van der Waals surface area contributed by atoms with Crippen LogP contribution in [0.25, 0.3) is 11.1 Å². The molecule has 0 fully saturated rings. The summed E-state index contributed by atoms with van der Waals surface area (Å²) in [5.74, 6) is 0. The summed E-state index contributed by atoms with van der Waals surface area (Å²) in [5.41, 5.74) is 22.2. The van der Waals surface area contributed by atoms with Crippen molar-refractivity contribution in [2.45, 2.75) is 175 Å². The van der Waals surface area contributed by atoms with Crippen molar-refractivity contribution in [1.82, 2.24) is 0 Å². The third-order valence-corrected chi connectivity index (χ3v) is 9.01. The molecule has 0 aliphatic rings. The molecule has 2 aromatic carbocycles. The maximum absolute atomic E-state index is 7.08. The smallest absolute Gasteiger partial charge is 0.0382 e. The lowest BCUT2D eigenvalue weighted by atomic mass is 9.85. The molecule has 0 unspecified atom stereocenters. The maximum atomic E-state index is 7.08. The maximum Gasteiger partial charge on any atom is 0.0382 e. The van der Waals surface area contributed by atoms with Crippen LogP contribution in [-0.4, -0.2) is 0 Å². The van der Waals surface area contributed by atoms with Crippen LogP contribution in [0.15, 0.2) is 30.3 Å². The van der Waals surface area contributed by atoms with Gasteiger partial charge in [-0.2, -0.15) is 0 Å². The van der Waals surface area contributed by atoms with Crippen LogP contribution in [0.5, 0.6) is 0 Å². The highest BCUT2D eigenvalue weighted by Gasteiger charge is 2.17. The van der Waals surface area contributed by atoms with Crippen LogP contribution < -0.4 is 11.5 Å². The largest absolute Gasteiger partial charge is 0.399 e. The predicted molar refractivity (Wildman–Crippen MR) is 186 cm³/mol. The Hall–Kier alpha value is -1.96. The summed E-state index contributed by atoms with van der Waals surface area (Å²) in [5, 5.41) is 0. The summed E-state index contributed by atoms with van der Waals surface area (Å²) >= 11 is 0. The Labute approximate surface area is 255 Å². The first-order valence-electron chi connectivity index (χ1n) is 17.9. The highest BCUT2D eigenvalue weighted by molar-refractivity contribution is 5.76. The third kappa shape index (κ3) is 14.2. The summed E-state index contributed by atoms with van der Waals surface area (Å²) in [6, 6.07) is 11.0. The molecule has 2 rings (SSSR count). The summed E-state index contributed by atoms with van der Waals surface area (Å²) in [7, 11) is 0. The van der Waals surface area contributed by atoms with Gasteiger partial charge in [0.25, 0.3) is 0 Å². The monoisotopic (exact) mass is 563 g/mol. The van der Waals surface area contributed by atoms with Crippen LogP contribution in [0.2, 0.25) is 0 Å². The second kappa shape index (κ2) is 22.6. The van der Waals surface area contributed by atoms with Crippen molar-refractivity contribution in [1.29, 1.82) is 0 Å². The molecule has 0 heterocycles. The van der Waals surface area contributed by atoms with Gasteiger partial charge in [-0.05, 0) is 84.5 Å². The van der Waals surface area contributed by atoms with E-state index in [1.165, 1.54) is 163 Å². The first-order valence-corrected chi connectivity index (χ1v) is 17.9. The van der Waals surface area contributed by atoms with Crippen LogP contribution in [-0.2, 0) is 19.3 Å². The molecule has 0 aromatic heterocycles. The molecule has 2 aromatic rings. The molecule has 0 saturated carbocycles. The number of nitrogen functional groups attached to an aromatic ring is 2. The first kappa shape index (κ1) is 35.2. The molecular formula is C39H66N2. The van der Waals surface area contributed by atoms with E-state index < -0.39 is 0 Å². The fourth-order valence-corrected chi connectivity index (χ4v) is 6.35. The Morgan fingerprint density at radius 3 is 1.29 bits per heavy atom. The van der Waals surface area contributed by atoms with E-state index in [0.29, 0.717) is 0 Å². The number of hydrogen-bond acceptors (Lipinski definition) is 2. The van der Waals surface area contributed by atoms with Gasteiger partial charge in [0.1, 0.15) is 0 Å². The number of anilines is 2. The fraction of sp³-hybridized carbons (Fsp3) is 0.692. The molecule has 0 saturated heterocycles. The van der Waals surface area contributed by atoms with Crippen molar-refractivity contribution < 1.29 is 0 Å². The quantitative estimate of drug-likeness (QED) is 0.0933. The van der Waals surface area contributed by atoms with E-state index in [-0.39, 0.29) is 0 Å². The average molecular weight is 563 g/mol. The number of aryl methyl sites for hydroxylation is 1. The number of nitrogens with two attached hydrogens (primary N) is 2. The Morgan fingerprint density at radius 1 is 0.439 bits per heavy atom. The third-order valence-electron chi connectivity index (χ3n) is 9.01. The van der Waals surface area contributed by atoms with E-state index in [9.17, 15) is 0 Å². The summed E-state index contributed by atoms with van der Waals surface area (Å²) < 4.78 is 0. The highest BCUT2D eigenvalue weighted by atomic mass is 14.6. The molecular weight excluding hydrogens is 496 g/mol. The van der Waals surface area contributed by atoms with Crippen molar-refractivity contribution in [2.24, 2.45) is 0 Å². The molecule has 2 heteroatoms. The minimum Gasteiger partial charge on any atom is -0.399 e. The van der Waals surface area contributed by atoms with E-state index in [4.69, 9.17) is 11.5 Å². The predicted octanol–water partition coefficient (Wildman–Crippen LogP) is 12.4. The molecule has 0 amide bonds. The molecule has 2 nitrogen and oxygen atoms in total. The van der Waals surface area contributed by atoms with Crippen molar-refractivity contribution in [3.8, 4) is 11.1 Å². The van der Waals surface area contributed by atoms with Crippen LogP contribution in [0.1, 0.15) is 172 Å². The van der Waals surface area contributed by atoms with Gasteiger partial charge in [-0.3, -0.25) is 0 Å². The van der Waals surface area contributed by atoms with Gasteiger partial charge in [-0.1, -0.05) is 148 Å². The van der Waals surface area contributed by atoms with Gasteiger partial charge >= 0.3 is 0 Å². The SMILES string of the molecule is CCCCCCCCCc1cc(-c2ccc(N)cc2)c(CCCCCCCCC)c(CCCCCCCCC)c1N. The molecule has 232 valence electrons. The standard InChI is InChI=1S/C39H66N2/c1-4-7-10-13-16-19-22-25-34-32-38(33-28-30-35(40)31-29-33)36(26-23-20-17-14-11-8-5-2)37(39(34)41)27-24-21-18-15-12-9-6-3/h28-32H,4-27,40-41H2,1-3H3. The van der Waals surface area contributed by atoms with E-state index in [0.717, 1.165) is 30.6 Å². The second-order valence-electron chi connectivity index (χ2n) is 12.7. The lowest BCUT2D eigenvalue weighted by molar-refractivity contribution is 0.582. The Bertz CT molecular complexity index is 914. The normalized spacial score (nSPS) is 11.4. The molecule has 4 N–H and O–H groups in total. The summed E-state index contributed by atoms with van der Waals surface area (Å²) in [6.07, 6.45) is 31.5. The van der Waals surface area contributed by atoms with Gasteiger partial charge in [-0.25, -0.2) is 0 Å². The molecule has 0 aliphatic heterocycles. The first-order chi connectivity index (χ1) is 20.1. The Kier molecular flexibility index (Phi) is 19.4. The second-order valence-corrected chi connectivity index (χ2v) is 12.7. The Balaban J connectivity index is 2.23. The van der Waals surface area contributed by atoms with E-state index in [1.54, 1.807) is 0 Å². The van der Waals surface area contributed by atoms with E-state index in [1.807, 2.05) is 0 Å². The van der Waals surface area contributed by atoms with Crippen LogP contribution in [0.3, 0.4) is 0 Å². The molecule has 0 aliphatic carbocycles. The number of benzene rings is 2. The van der Waals surface area contributed by atoms with Gasteiger partial charge in [-0.15, -0.1) is 0 Å². The van der Waals surface area contributed by atoms with E-state index >= 15 is 0 Å². The zero-order valence-corrected chi connectivity index (χ0v) is 27.5. The zero-order chi connectivity index (χ0) is 29.5. The van der Waals surface area contributed by atoms with Crippen LogP contribution in [0.4, 0.5) is 11.4 Å². The van der Waals surface area contributed by atoms with Gasteiger partial charge in [0.2, 0.25) is 0 Å².